The maximum Gasteiger partial charge on any atom is 0.161 e. The predicted octanol–water partition coefficient (Wildman–Crippen LogP) is 2.27. The summed E-state index contributed by atoms with van der Waals surface area (Å²) >= 11 is 0. The number of nitrogens with one attached hydrogen (secondary N) is 1. The fraction of sp³-hybridized carbons (Fsp3) is 0.357. The van der Waals surface area contributed by atoms with E-state index >= 15 is 0 Å². The van der Waals surface area contributed by atoms with Crippen LogP contribution >= 0.6 is 0 Å². The fourth-order valence-electron chi connectivity index (χ4n) is 2.30. The van der Waals surface area contributed by atoms with Gasteiger partial charge in [-0.05, 0) is 18.1 Å². The molecule has 0 spiro atoms. The highest BCUT2D eigenvalue weighted by molar-refractivity contribution is 5.54. The Morgan fingerprint density at radius 2 is 2.11 bits per heavy atom. The van der Waals surface area contributed by atoms with Gasteiger partial charge >= 0.3 is 0 Å². The molecule has 2 aromatic heterocycles. The topological polar surface area (TPSA) is 50.7 Å². The van der Waals surface area contributed by atoms with Crippen molar-refractivity contribution in [2.24, 2.45) is 0 Å². The Kier molecular flexibility index (Phi) is 2.80. The minimum Gasteiger partial charge on any atom is -0.307 e. The van der Waals surface area contributed by atoms with Gasteiger partial charge in [0.15, 0.2) is 5.82 Å². The molecule has 2 aromatic rings. The quantitative estimate of drug-likeness (QED) is 0.874. The zero-order chi connectivity index (χ0) is 12.5. The van der Waals surface area contributed by atoms with Gasteiger partial charge in [-0.1, -0.05) is 13.8 Å². The van der Waals surface area contributed by atoms with Crippen molar-refractivity contribution < 1.29 is 0 Å². The summed E-state index contributed by atoms with van der Waals surface area (Å²) in [6.07, 6.45) is 3.58. The van der Waals surface area contributed by atoms with Crippen LogP contribution < -0.4 is 5.32 Å². The Bertz CT molecular complexity index is 564. The summed E-state index contributed by atoms with van der Waals surface area (Å²) in [5.74, 6) is 1.20. The van der Waals surface area contributed by atoms with Crippen molar-refractivity contribution in [1.82, 2.24) is 20.3 Å². The summed E-state index contributed by atoms with van der Waals surface area (Å²) in [5, 5.41) is 3.34. The van der Waals surface area contributed by atoms with Gasteiger partial charge in [0.1, 0.15) is 0 Å². The van der Waals surface area contributed by atoms with E-state index in [0.717, 1.165) is 35.9 Å². The molecule has 92 valence electrons. The summed E-state index contributed by atoms with van der Waals surface area (Å²) in [7, 11) is 0. The summed E-state index contributed by atoms with van der Waals surface area (Å²) in [6.45, 7) is 6.07. The first-order chi connectivity index (χ1) is 8.75. The predicted molar refractivity (Wildman–Crippen MR) is 69.9 cm³/mol. The van der Waals surface area contributed by atoms with Gasteiger partial charge in [-0.25, -0.2) is 9.97 Å². The van der Waals surface area contributed by atoms with E-state index in [0.29, 0.717) is 5.92 Å². The molecule has 0 amide bonds. The molecule has 0 aromatic carbocycles. The normalized spacial score (nSPS) is 13.9. The third kappa shape index (κ3) is 1.88. The van der Waals surface area contributed by atoms with Crippen LogP contribution in [0.4, 0.5) is 0 Å². The van der Waals surface area contributed by atoms with Gasteiger partial charge in [-0.3, -0.25) is 4.98 Å². The van der Waals surface area contributed by atoms with Crippen LogP contribution in [-0.2, 0) is 13.1 Å². The molecule has 0 fully saturated rings. The van der Waals surface area contributed by atoms with Crippen molar-refractivity contribution in [1.29, 1.82) is 0 Å². The van der Waals surface area contributed by atoms with Crippen LogP contribution in [0, 0.1) is 0 Å². The lowest BCUT2D eigenvalue weighted by molar-refractivity contribution is 0.746. The van der Waals surface area contributed by atoms with E-state index in [4.69, 9.17) is 4.98 Å². The van der Waals surface area contributed by atoms with E-state index in [2.05, 4.69) is 29.1 Å². The van der Waals surface area contributed by atoms with Gasteiger partial charge in [0.05, 0.1) is 11.4 Å². The summed E-state index contributed by atoms with van der Waals surface area (Å²) in [6, 6.07) is 3.92. The molecule has 0 bridgehead atoms. The molecule has 4 nitrogen and oxygen atoms in total. The first kappa shape index (κ1) is 11.3. The zero-order valence-corrected chi connectivity index (χ0v) is 10.6. The van der Waals surface area contributed by atoms with Gasteiger partial charge < -0.3 is 5.32 Å². The van der Waals surface area contributed by atoms with Gasteiger partial charge in [0, 0.05) is 36.6 Å². The Morgan fingerprint density at radius 1 is 1.22 bits per heavy atom. The van der Waals surface area contributed by atoms with Gasteiger partial charge in [0.2, 0.25) is 0 Å². The Morgan fingerprint density at radius 3 is 2.83 bits per heavy atom. The lowest BCUT2D eigenvalue weighted by Gasteiger charge is -2.12. The van der Waals surface area contributed by atoms with Crippen LogP contribution in [0.5, 0.6) is 0 Å². The van der Waals surface area contributed by atoms with E-state index < -0.39 is 0 Å². The standard InChI is InChI=1S/C14H16N4/c1-9(2)13-11-7-16-8-12(11)17-14(18-13)10-4-3-5-15-6-10/h3-6,9,16H,7-8H2,1-2H3. The Balaban J connectivity index is 2.15. The molecular formula is C14H16N4. The second-order valence-corrected chi connectivity index (χ2v) is 4.86. The van der Waals surface area contributed by atoms with Crippen molar-refractivity contribution >= 4 is 0 Å². The summed E-state index contributed by atoms with van der Waals surface area (Å²) < 4.78 is 0. The van der Waals surface area contributed by atoms with Crippen LogP contribution in [-0.4, -0.2) is 15.0 Å². The number of hydrogen-bond acceptors (Lipinski definition) is 4. The van der Waals surface area contributed by atoms with Crippen molar-refractivity contribution in [2.75, 3.05) is 0 Å². The second-order valence-electron chi connectivity index (χ2n) is 4.86. The maximum absolute atomic E-state index is 4.72. The first-order valence-corrected chi connectivity index (χ1v) is 6.26. The fourth-order valence-corrected chi connectivity index (χ4v) is 2.30. The number of pyridine rings is 1. The molecule has 1 N–H and O–H groups in total. The number of rotatable bonds is 2. The number of aromatic nitrogens is 3. The molecule has 0 saturated heterocycles. The monoisotopic (exact) mass is 240 g/mol. The molecule has 0 unspecified atom stereocenters. The van der Waals surface area contributed by atoms with Crippen molar-refractivity contribution in [3.63, 3.8) is 0 Å². The number of fused-ring (bicyclic) bond motifs is 1. The molecule has 0 atom stereocenters. The van der Waals surface area contributed by atoms with Gasteiger partial charge in [-0.2, -0.15) is 0 Å². The lowest BCUT2D eigenvalue weighted by Crippen LogP contribution is -2.05. The third-order valence-corrected chi connectivity index (χ3v) is 3.19. The van der Waals surface area contributed by atoms with E-state index in [-0.39, 0.29) is 0 Å². The molecule has 1 aliphatic heterocycles. The smallest absolute Gasteiger partial charge is 0.161 e. The third-order valence-electron chi connectivity index (χ3n) is 3.19. The van der Waals surface area contributed by atoms with Crippen molar-refractivity contribution in [3.8, 4) is 11.4 Å². The Hall–Kier alpha value is -1.81. The van der Waals surface area contributed by atoms with Crippen LogP contribution in [0.1, 0.15) is 36.7 Å². The lowest BCUT2D eigenvalue weighted by atomic mass is 10.0. The molecule has 1 aliphatic rings. The highest BCUT2D eigenvalue weighted by Crippen LogP contribution is 2.26. The van der Waals surface area contributed by atoms with Crippen LogP contribution in [0.25, 0.3) is 11.4 Å². The minimum atomic E-state index is 0.414. The first-order valence-electron chi connectivity index (χ1n) is 6.26. The van der Waals surface area contributed by atoms with Crippen molar-refractivity contribution in [2.45, 2.75) is 32.9 Å². The molecule has 4 heteroatoms. The van der Waals surface area contributed by atoms with E-state index in [1.165, 1.54) is 5.56 Å². The van der Waals surface area contributed by atoms with Gasteiger partial charge in [-0.15, -0.1) is 0 Å². The molecular weight excluding hydrogens is 224 g/mol. The largest absolute Gasteiger partial charge is 0.307 e. The molecule has 0 saturated carbocycles. The van der Waals surface area contributed by atoms with E-state index in [1.54, 1.807) is 6.20 Å². The summed E-state index contributed by atoms with van der Waals surface area (Å²) in [4.78, 5) is 13.5. The second kappa shape index (κ2) is 4.46. The van der Waals surface area contributed by atoms with Crippen LogP contribution in [0.15, 0.2) is 24.5 Å². The maximum atomic E-state index is 4.72. The number of nitrogens with zero attached hydrogens (tertiary/aromatic N) is 3. The molecule has 3 heterocycles. The molecule has 0 aliphatic carbocycles. The Labute approximate surface area is 107 Å². The van der Waals surface area contributed by atoms with Crippen LogP contribution in [0.3, 0.4) is 0 Å². The molecule has 18 heavy (non-hydrogen) atoms. The number of hydrogen-bond donors (Lipinski definition) is 1. The summed E-state index contributed by atoms with van der Waals surface area (Å²) in [5.41, 5.74) is 4.54. The molecule has 0 radical (unpaired) electrons. The minimum absolute atomic E-state index is 0.414. The highest BCUT2D eigenvalue weighted by Gasteiger charge is 2.20. The highest BCUT2D eigenvalue weighted by atomic mass is 15.0. The average Bonchev–Trinajstić information content (AvgIpc) is 2.86. The zero-order valence-electron chi connectivity index (χ0n) is 10.6. The average molecular weight is 240 g/mol. The van der Waals surface area contributed by atoms with Crippen molar-refractivity contribution in [3.05, 3.63) is 41.5 Å². The SMILES string of the molecule is CC(C)c1nc(-c2cccnc2)nc2c1CNC2. The van der Waals surface area contributed by atoms with Crippen LogP contribution in [0.2, 0.25) is 0 Å². The van der Waals surface area contributed by atoms with E-state index in [9.17, 15) is 0 Å². The van der Waals surface area contributed by atoms with Gasteiger partial charge in [0.25, 0.3) is 0 Å². The molecule has 3 rings (SSSR count). The van der Waals surface area contributed by atoms with E-state index in [1.807, 2.05) is 18.3 Å².